The molecule has 0 bridgehead atoms. The van der Waals surface area contributed by atoms with Crippen molar-refractivity contribution in [2.24, 2.45) is 0 Å². The van der Waals surface area contributed by atoms with Gasteiger partial charge in [-0.2, -0.15) is 0 Å². The Morgan fingerprint density at radius 2 is 1.18 bits per heavy atom. The van der Waals surface area contributed by atoms with Gasteiger partial charge in [0.2, 0.25) is 0 Å². The molecule has 0 saturated heterocycles. The van der Waals surface area contributed by atoms with Crippen LogP contribution in [0.15, 0.2) is 54.1 Å². The molecular formula is C22H24O6. The fourth-order valence-electron chi connectivity index (χ4n) is 2.85. The molecule has 0 saturated carbocycles. The fraction of sp³-hybridized carbons (Fsp3) is 0.273. The van der Waals surface area contributed by atoms with Gasteiger partial charge in [-0.1, -0.05) is 24.3 Å². The summed E-state index contributed by atoms with van der Waals surface area (Å²) in [7, 11) is 0. The van der Waals surface area contributed by atoms with Crippen LogP contribution in [0.4, 0.5) is 0 Å². The molecule has 0 fully saturated rings. The Morgan fingerprint density at radius 3 is 1.50 bits per heavy atom. The molecule has 2 aromatic carbocycles. The van der Waals surface area contributed by atoms with Gasteiger partial charge in [-0.15, -0.1) is 0 Å². The highest BCUT2D eigenvalue weighted by molar-refractivity contribution is 6.01. The van der Waals surface area contributed by atoms with Crippen LogP contribution in [0.2, 0.25) is 0 Å². The summed E-state index contributed by atoms with van der Waals surface area (Å²) in [5, 5.41) is 18.8. The average Bonchev–Trinajstić information content (AvgIpc) is 2.67. The lowest BCUT2D eigenvalue weighted by Crippen LogP contribution is -2.08. The van der Waals surface area contributed by atoms with Crippen LogP contribution in [0, 0.1) is 0 Å². The lowest BCUT2D eigenvalue weighted by molar-refractivity contribution is -0.137. The number of carbonyl (C=O) groups is 2. The van der Waals surface area contributed by atoms with Crippen molar-refractivity contribution in [1.82, 2.24) is 0 Å². The second-order valence-corrected chi connectivity index (χ2v) is 5.97. The molecule has 0 radical (unpaired) electrons. The number of hydrogen-bond donors (Lipinski definition) is 2. The van der Waals surface area contributed by atoms with Crippen molar-refractivity contribution in [3.63, 3.8) is 0 Å². The third-order valence-electron chi connectivity index (χ3n) is 4.06. The molecular weight excluding hydrogens is 360 g/mol. The topological polar surface area (TPSA) is 93.1 Å². The summed E-state index contributed by atoms with van der Waals surface area (Å²) < 4.78 is 10.9. The molecule has 0 unspecified atom stereocenters. The van der Waals surface area contributed by atoms with E-state index in [9.17, 15) is 14.7 Å². The standard InChI is InChI=1S/C22H24O6/c1-3-27-17-9-5-15(6-10-17)21(19(22(25)26)13-14-20(23)24)16-7-11-18(12-8-16)28-4-2/h5-12H,3-4,13-14H2,1-2H3,(H,23,24)(H,25,26). The minimum absolute atomic E-state index is 0.0516. The van der Waals surface area contributed by atoms with Gasteiger partial charge in [0, 0.05) is 12.0 Å². The lowest BCUT2D eigenvalue weighted by Gasteiger charge is -2.15. The Hall–Kier alpha value is -3.28. The molecule has 2 aromatic rings. The van der Waals surface area contributed by atoms with Gasteiger partial charge in [0.15, 0.2) is 0 Å². The third kappa shape index (κ3) is 5.61. The molecule has 6 nitrogen and oxygen atoms in total. The van der Waals surface area contributed by atoms with E-state index in [0.29, 0.717) is 41.4 Å². The van der Waals surface area contributed by atoms with Crippen LogP contribution >= 0.6 is 0 Å². The molecule has 2 rings (SSSR count). The summed E-state index contributed by atoms with van der Waals surface area (Å²) in [5.41, 5.74) is 1.89. The Morgan fingerprint density at radius 1 is 0.750 bits per heavy atom. The van der Waals surface area contributed by atoms with E-state index < -0.39 is 11.9 Å². The second kappa shape index (κ2) is 10.2. The van der Waals surface area contributed by atoms with E-state index in [0.717, 1.165) is 0 Å². The number of rotatable bonds is 10. The highest BCUT2D eigenvalue weighted by Gasteiger charge is 2.19. The summed E-state index contributed by atoms with van der Waals surface area (Å²) in [6.07, 6.45) is -0.348. The smallest absolute Gasteiger partial charge is 0.332 e. The third-order valence-corrected chi connectivity index (χ3v) is 4.06. The molecule has 0 atom stereocenters. The van der Waals surface area contributed by atoms with E-state index in [1.165, 1.54) is 0 Å². The monoisotopic (exact) mass is 384 g/mol. The first-order valence-corrected chi connectivity index (χ1v) is 9.11. The molecule has 0 aliphatic heterocycles. The molecule has 0 aromatic heterocycles. The highest BCUT2D eigenvalue weighted by Crippen LogP contribution is 2.31. The summed E-state index contributed by atoms with van der Waals surface area (Å²) in [4.78, 5) is 22.9. The SMILES string of the molecule is CCOc1ccc(C(=C(CCC(=O)O)C(=O)O)c2ccc(OCC)cc2)cc1. The van der Waals surface area contributed by atoms with E-state index in [1.807, 2.05) is 13.8 Å². The largest absolute Gasteiger partial charge is 0.494 e. The summed E-state index contributed by atoms with van der Waals surface area (Å²) in [6, 6.07) is 14.2. The number of benzene rings is 2. The van der Waals surface area contributed by atoms with E-state index in [4.69, 9.17) is 14.6 Å². The second-order valence-electron chi connectivity index (χ2n) is 5.97. The molecule has 28 heavy (non-hydrogen) atoms. The number of hydrogen-bond acceptors (Lipinski definition) is 4. The first kappa shape index (κ1) is 21.0. The van der Waals surface area contributed by atoms with Gasteiger partial charge in [-0.25, -0.2) is 4.79 Å². The number of aliphatic carboxylic acids is 2. The molecule has 0 amide bonds. The zero-order valence-corrected chi connectivity index (χ0v) is 16.0. The van der Waals surface area contributed by atoms with Crippen LogP contribution in [0.5, 0.6) is 11.5 Å². The van der Waals surface area contributed by atoms with Crippen molar-refractivity contribution >= 4 is 17.5 Å². The van der Waals surface area contributed by atoms with Crippen LogP contribution in [0.1, 0.15) is 37.8 Å². The van der Waals surface area contributed by atoms with Gasteiger partial charge in [0.1, 0.15) is 11.5 Å². The van der Waals surface area contributed by atoms with Crippen molar-refractivity contribution < 1.29 is 29.3 Å². The molecule has 0 spiro atoms. The van der Waals surface area contributed by atoms with E-state index in [2.05, 4.69) is 0 Å². The Bertz CT molecular complexity index is 783. The van der Waals surface area contributed by atoms with Gasteiger partial charge in [-0.05, 0) is 61.2 Å². The van der Waals surface area contributed by atoms with Crippen LogP contribution in [-0.4, -0.2) is 35.4 Å². The van der Waals surface area contributed by atoms with Gasteiger partial charge in [0.05, 0.1) is 13.2 Å². The minimum Gasteiger partial charge on any atom is -0.494 e. The molecule has 2 N–H and O–H groups in total. The maximum atomic E-state index is 11.9. The molecule has 0 heterocycles. The molecule has 0 aliphatic carbocycles. The van der Waals surface area contributed by atoms with Crippen molar-refractivity contribution in [3.05, 3.63) is 65.2 Å². The average molecular weight is 384 g/mol. The van der Waals surface area contributed by atoms with Crippen LogP contribution in [0.25, 0.3) is 5.57 Å². The number of carboxylic acid groups (broad SMARTS) is 2. The van der Waals surface area contributed by atoms with Crippen molar-refractivity contribution in [2.75, 3.05) is 13.2 Å². The summed E-state index contributed by atoms with van der Waals surface area (Å²) >= 11 is 0. The predicted octanol–water partition coefficient (Wildman–Crippen LogP) is 4.24. The Balaban J connectivity index is 2.56. The number of carboxylic acids is 2. The van der Waals surface area contributed by atoms with E-state index in [-0.39, 0.29) is 18.4 Å². The first-order valence-electron chi connectivity index (χ1n) is 9.11. The van der Waals surface area contributed by atoms with Crippen LogP contribution in [0.3, 0.4) is 0 Å². The van der Waals surface area contributed by atoms with E-state index >= 15 is 0 Å². The zero-order chi connectivity index (χ0) is 20.5. The quantitative estimate of drug-likeness (QED) is 0.595. The summed E-state index contributed by atoms with van der Waals surface area (Å²) in [6.45, 7) is 4.82. The fourth-order valence-corrected chi connectivity index (χ4v) is 2.85. The first-order chi connectivity index (χ1) is 13.5. The maximum Gasteiger partial charge on any atom is 0.332 e. The van der Waals surface area contributed by atoms with Crippen LogP contribution < -0.4 is 9.47 Å². The predicted molar refractivity (Wildman–Crippen MR) is 106 cm³/mol. The Labute approximate surface area is 164 Å². The minimum atomic E-state index is -1.14. The van der Waals surface area contributed by atoms with Crippen molar-refractivity contribution in [3.8, 4) is 11.5 Å². The van der Waals surface area contributed by atoms with Gasteiger partial charge >= 0.3 is 11.9 Å². The Kier molecular flexibility index (Phi) is 7.63. The van der Waals surface area contributed by atoms with Crippen LogP contribution in [-0.2, 0) is 9.59 Å². The van der Waals surface area contributed by atoms with Crippen molar-refractivity contribution in [2.45, 2.75) is 26.7 Å². The maximum absolute atomic E-state index is 11.9. The molecule has 148 valence electrons. The number of ether oxygens (including phenoxy) is 2. The summed E-state index contributed by atoms with van der Waals surface area (Å²) in [5.74, 6) is -0.824. The van der Waals surface area contributed by atoms with Gasteiger partial charge in [0.25, 0.3) is 0 Å². The lowest BCUT2D eigenvalue weighted by atomic mass is 9.90. The normalized spacial score (nSPS) is 10.2. The highest BCUT2D eigenvalue weighted by atomic mass is 16.5. The van der Waals surface area contributed by atoms with Crippen molar-refractivity contribution in [1.29, 1.82) is 0 Å². The molecule has 0 aliphatic rings. The van der Waals surface area contributed by atoms with Gasteiger partial charge in [-0.3, -0.25) is 4.79 Å². The molecule has 6 heteroatoms. The zero-order valence-electron chi connectivity index (χ0n) is 16.0. The van der Waals surface area contributed by atoms with Gasteiger partial charge < -0.3 is 19.7 Å². The van der Waals surface area contributed by atoms with E-state index in [1.54, 1.807) is 48.5 Å².